The molecule has 1 fully saturated rings. The molecule has 0 aliphatic carbocycles. The van der Waals surface area contributed by atoms with Crippen molar-refractivity contribution in [3.05, 3.63) is 58.6 Å². The van der Waals surface area contributed by atoms with Gasteiger partial charge in [0.15, 0.2) is 11.2 Å². The summed E-state index contributed by atoms with van der Waals surface area (Å²) in [6.45, 7) is 8.40. The van der Waals surface area contributed by atoms with E-state index in [-0.39, 0.29) is 11.8 Å². The minimum Gasteiger partial charge on any atom is -0.444 e. The van der Waals surface area contributed by atoms with E-state index in [1.54, 1.807) is 9.47 Å². The Morgan fingerprint density at radius 1 is 1.08 bits per heavy atom. The second-order valence-corrected chi connectivity index (χ2v) is 11.4. The largest absolute Gasteiger partial charge is 0.444 e. The van der Waals surface area contributed by atoms with Crippen LogP contribution in [0.1, 0.15) is 58.4 Å². The number of nitrogens with one attached hydrogen (secondary N) is 1. The summed E-state index contributed by atoms with van der Waals surface area (Å²) < 4.78 is 18.5. The fraction of sp³-hybridized carbons (Fsp3) is 0.500. The number of aryl methyl sites for hydroxylation is 2. The molecule has 5 rings (SSSR count). The fourth-order valence-electron chi connectivity index (χ4n) is 5.10. The van der Waals surface area contributed by atoms with Crippen molar-refractivity contribution >= 4 is 34.3 Å². The Morgan fingerprint density at radius 2 is 1.90 bits per heavy atom. The molecule has 1 aliphatic rings. The van der Waals surface area contributed by atoms with Gasteiger partial charge >= 0.3 is 11.8 Å². The molecule has 1 N–H and O–H groups in total. The molecule has 1 saturated heterocycles. The Hall–Kier alpha value is -3.75. The van der Waals surface area contributed by atoms with E-state index in [1.165, 1.54) is 5.56 Å². The van der Waals surface area contributed by atoms with Crippen LogP contribution in [-0.2, 0) is 17.7 Å². The molecule has 0 unspecified atom stereocenters. The van der Waals surface area contributed by atoms with Crippen molar-refractivity contribution in [2.24, 2.45) is 5.92 Å². The lowest BCUT2D eigenvalue weighted by atomic mass is 10.1. The minimum atomic E-state index is -0.483. The van der Waals surface area contributed by atoms with Crippen LogP contribution in [-0.4, -0.2) is 45.8 Å². The molecule has 1 atom stereocenters. The predicted octanol–water partition coefficient (Wildman–Crippen LogP) is 6.21. The number of ether oxygens (including phenoxy) is 1. The molecule has 1 amide bonds. The molecule has 0 radical (unpaired) electrons. The van der Waals surface area contributed by atoms with Crippen LogP contribution in [0, 0.1) is 5.92 Å². The number of nitrogens with zero attached hydrogens (tertiary/aromatic N) is 3. The number of likely N-dealkylation sites (tertiary alicyclic amines) is 1. The number of hydrogen-bond acceptors (Lipinski definition) is 7. The van der Waals surface area contributed by atoms with Crippen molar-refractivity contribution < 1.29 is 18.4 Å². The molecule has 9 nitrogen and oxygen atoms in total. The fourth-order valence-corrected chi connectivity index (χ4v) is 5.10. The van der Waals surface area contributed by atoms with E-state index in [0.29, 0.717) is 43.7 Å². The number of anilines is 1. The number of benzene rings is 2. The maximum atomic E-state index is 12.3. The molecule has 2 aromatic heterocycles. The van der Waals surface area contributed by atoms with Crippen molar-refractivity contribution in [1.29, 1.82) is 0 Å². The van der Waals surface area contributed by atoms with Crippen LogP contribution in [0.5, 0.6) is 0 Å². The number of unbranched alkanes of at least 4 members (excludes halogenated alkanes) is 3. The molecule has 3 heterocycles. The highest BCUT2D eigenvalue weighted by Gasteiger charge is 2.29. The number of amides is 1. The Balaban J connectivity index is 1.04. The standard InChI is InChI=1S/C30H38N4O5/c1-30(2,3)39-28(35)33-17-15-22(20-33)19-31-27-32-23-14-13-21(18-26(23)37-27)10-6-4-5-9-16-34-24-11-7-8-12-25(24)38-29(34)36/h7-8,11-14,18,22H,4-6,9-10,15-17,19-20H2,1-3H3,(H,31,32)/t22-/m1/s1. The lowest BCUT2D eigenvalue weighted by Gasteiger charge is -2.24. The van der Waals surface area contributed by atoms with Crippen molar-refractivity contribution in [3.63, 3.8) is 0 Å². The Bertz CT molecular complexity index is 1480. The summed E-state index contributed by atoms with van der Waals surface area (Å²) in [6.07, 6.45) is 5.80. The van der Waals surface area contributed by atoms with Gasteiger partial charge in [-0.05, 0) is 82.2 Å². The SMILES string of the molecule is CC(C)(C)OC(=O)N1CC[C@H](CNc2nc3ccc(CCCCCCn4c(=O)oc5ccccc54)cc3o2)C1. The van der Waals surface area contributed by atoms with Crippen molar-refractivity contribution in [2.45, 2.75) is 71.4 Å². The Labute approximate surface area is 228 Å². The van der Waals surface area contributed by atoms with Crippen LogP contribution in [0.3, 0.4) is 0 Å². The molecule has 208 valence electrons. The number of hydrogen-bond donors (Lipinski definition) is 1. The van der Waals surface area contributed by atoms with E-state index >= 15 is 0 Å². The van der Waals surface area contributed by atoms with E-state index < -0.39 is 5.60 Å². The van der Waals surface area contributed by atoms with Crippen LogP contribution in [0.25, 0.3) is 22.2 Å². The van der Waals surface area contributed by atoms with E-state index in [9.17, 15) is 9.59 Å². The number of oxazole rings is 2. The van der Waals surface area contributed by atoms with Crippen molar-refractivity contribution in [2.75, 3.05) is 25.0 Å². The molecule has 0 saturated carbocycles. The zero-order chi connectivity index (χ0) is 27.4. The summed E-state index contributed by atoms with van der Waals surface area (Å²) in [5, 5.41) is 3.31. The highest BCUT2D eigenvalue weighted by atomic mass is 16.6. The van der Waals surface area contributed by atoms with Crippen LogP contribution in [0.4, 0.5) is 10.8 Å². The molecule has 0 spiro atoms. The van der Waals surface area contributed by atoms with Gasteiger partial charge in [-0.1, -0.05) is 31.0 Å². The van der Waals surface area contributed by atoms with Gasteiger partial charge in [-0.25, -0.2) is 9.59 Å². The summed E-state index contributed by atoms with van der Waals surface area (Å²) in [4.78, 5) is 30.7. The quantitative estimate of drug-likeness (QED) is 0.241. The van der Waals surface area contributed by atoms with E-state index in [1.807, 2.05) is 51.1 Å². The predicted molar refractivity (Wildman–Crippen MR) is 151 cm³/mol. The summed E-state index contributed by atoms with van der Waals surface area (Å²) in [7, 11) is 0. The second-order valence-electron chi connectivity index (χ2n) is 11.4. The number of aromatic nitrogens is 2. The van der Waals surface area contributed by atoms with Gasteiger partial charge < -0.3 is 23.8 Å². The van der Waals surface area contributed by atoms with Gasteiger partial charge in [-0.15, -0.1) is 0 Å². The van der Waals surface area contributed by atoms with Gasteiger partial charge in [0.1, 0.15) is 11.1 Å². The van der Waals surface area contributed by atoms with Crippen molar-refractivity contribution in [3.8, 4) is 0 Å². The van der Waals surface area contributed by atoms with Gasteiger partial charge in [-0.3, -0.25) is 4.57 Å². The third-order valence-corrected chi connectivity index (χ3v) is 7.10. The van der Waals surface area contributed by atoms with Gasteiger partial charge in [0.25, 0.3) is 6.01 Å². The highest BCUT2D eigenvalue weighted by Crippen LogP contribution is 2.24. The average Bonchev–Trinajstić information content (AvgIpc) is 3.60. The summed E-state index contributed by atoms with van der Waals surface area (Å²) in [5.74, 6) is 0.0467. The maximum Gasteiger partial charge on any atom is 0.419 e. The Morgan fingerprint density at radius 3 is 2.74 bits per heavy atom. The number of para-hydroxylation sites is 2. The molecule has 39 heavy (non-hydrogen) atoms. The van der Waals surface area contributed by atoms with E-state index in [0.717, 1.165) is 55.1 Å². The number of carbonyl (C=O) groups is 1. The Kier molecular flexibility index (Phi) is 7.95. The number of carbonyl (C=O) groups excluding carboxylic acids is 1. The third-order valence-electron chi connectivity index (χ3n) is 7.10. The van der Waals surface area contributed by atoms with E-state index in [2.05, 4.69) is 22.4 Å². The molecular formula is C30H38N4O5. The van der Waals surface area contributed by atoms with Gasteiger partial charge in [0.2, 0.25) is 0 Å². The van der Waals surface area contributed by atoms with Crippen LogP contribution >= 0.6 is 0 Å². The van der Waals surface area contributed by atoms with Crippen molar-refractivity contribution in [1.82, 2.24) is 14.5 Å². The average molecular weight is 535 g/mol. The van der Waals surface area contributed by atoms with Gasteiger partial charge in [-0.2, -0.15) is 4.98 Å². The van der Waals surface area contributed by atoms with Crippen LogP contribution in [0.15, 0.2) is 56.1 Å². The molecular weight excluding hydrogens is 496 g/mol. The monoisotopic (exact) mass is 534 g/mol. The molecule has 4 aromatic rings. The molecule has 2 aromatic carbocycles. The smallest absolute Gasteiger partial charge is 0.419 e. The summed E-state index contributed by atoms with van der Waals surface area (Å²) >= 11 is 0. The summed E-state index contributed by atoms with van der Waals surface area (Å²) in [6, 6.07) is 14.3. The van der Waals surface area contributed by atoms with Crippen LogP contribution in [0.2, 0.25) is 0 Å². The first-order valence-electron chi connectivity index (χ1n) is 13.9. The third kappa shape index (κ3) is 6.82. The number of fused-ring (bicyclic) bond motifs is 2. The van der Waals surface area contributed by atoms with Crippen LogP contribution < -0.4 is 11.1 Å². The normalized spacial score (nSPS) is 15.9. The molecule has 9 heteroatoms. The first kappa shape index (κ1) is 26.8. The van der Waals surface area contributed by atoms with Gasteiger partial charge in [0.05, 0.1) is 5.52 Å². The minimum absolute atomic E-state index is 0.249. The number of rotatable bonds is 10. The van der Waals surface area contributed by atoms with E-state index in [4.69, 9.17) is 13.6 Å². The lowest BCUT2D eigenvalue weighted by Crippen LogP contribution is -2.35. The zero-order valence-corrected chi connectivity index (χ0v) is 23.1. The second kappa shape index (κ2) is 11.6. The zero-order valence-electron chi connectivity index (χ0n) is 23.1. The topological polar surface area (TPSA) is 103 Å². The first-order chi connectivity index (χ1) is 18.7. The van der Waals surface area contributed by atoms with Gasteiger partial charge in [0, 0.05) is 26.2 Å². The maximum absolute atomic E-state index is 12.3. The highest BCUT2D eigenvalue weighted by molar-refractivity contribution is 5.75. The first-order valence-corrected chi connectivity index (χ1v) is 13.9. The molecule has 0 bridgehead atoms. The lowest BCUT2D eigenvalue weighted by molar-refractivity contribution is 0.0289. The summed E-state index contributed by atoms with van der Waals surface area (Å²) in [5.41, 5.74) is 3.87. The molecule has 1 aliphatic heterocycles.